The first-order chi connectivity index (χ1) is 6.24. The molecule has 0 aromatic heterocycles. The molecule has 1 fully saturated rings. The second-order valence-electron chi connectivity index (χ2n) is 3.79. The van der Waals surface area contributed by atoms with Crippen molar-refractivity contribution in [1.82, 2.24) is 0 Å². The third-order valence-corrected chi connectivity index (χ3v) is 2.71. The summed E-state index contributed by atoms with van der Waals surface area (Å²) in [4.78, 5) is 4.35. The molecule has 0 radical (unpaired) electrons. The van der Waals surface area contributed by atoms with Gasteiger partial charge in [-0.15, -0.1) is 0 Å². The maximum atomic E-state index is 5.88. The standard InChI is InChI=1S/C10H20N2O/c1-8(13-2)7-12-10(11)9-5-3-4-6-9/h8-9H,3-7H2,1-2H3,(H2,11,12). The van der Waals surface area contributed by atoms with Crippen LogP contribution in [-0.2, 0) is 4.74 Å². The lowest BCUT2D eigenvalue weighted by atomic mass is 10.1. The number of hydrogen-bond donors (Lipinski definition) is 1. The second kappa shape index (κ2) is 5.22. The number of ether oxygens (including phenoxy) is 1. The quantitative estimate of drug-likeness (QED) is 0.532. The lowest BCUT2D eigenvalue weighted by Gasteiger charge is -2.10. The Morgan fingerprint density at radius 3 is 2.69 bits per heavy atom. The average Bonchev–Trinajstić information content (AvgIpc) is 2.66. The van der Waals surface area contributed by atoms with Crippen LogP contribution >= 0.6 is 0 Å². The Labute approximate surface area is 80.4 Å². The number of hydrogen-bond acceptors (Lipinski definition) is 2. The van der Waals surface area contributed by atoms with Crippen molar-refractivity contribution in [2.24, 2.45) is 16.6 Å². The van der Waals surface area contributed by atoms with Crippen molar-refractivity contribution >= 4 is 5.84 Å². The highest BCUT2D eigenvalue weighted by molar-refractivity contribution is 5.83. The number of amidine groups is 1. The van der Waals surface area contributed by atoms with E-state index >= 15 is 0 Å². The van der Waals surface area contributed by atoms with Gasteiger partial charge in [0, 0.05) is 13.0 Å². The molecule has 3 nitrogen and oxygen atoms in total. The van der Waals surface area contributed by atoms with E-state index in [0.717, 1.165) is 5.84 Å². The molecule has 76 valence electrons. The Balaban J connectivity index is 2.32. The van der Waals surface area contributed by atoms with Gasteiger partial charge >= 0.3 is 0 Å². The molecule has 0 spiro atoms. The van der Waals surface area contributed by atoms with Crippen LogP contribution in [-0.4, -0.2) is 25.6 Å². The molecule has 0 bridgehead atoms. The first kappa shape index (κ1) is 10.5. The zero-order chi connectivity index (χ0) is 9.68. The Bertz CT molecular complexity index is 174. The van der Waals surface area contributed by atoms with E-state index in [0.29, 0.717) is 12.5 Å². The average molecular weight is 184 g/mol. The largest absolute Gasteiger partial charge is 0.387 e. The minimum atomic E-state index is 0.181. The Morgan fingerprint density at radius 1 is 1.54 bits per heavy atom. The molecule has 0 aliphatic heterocycles. The summed E-state index contributed by atoms with van der Waals surface area (Å²) in [6.07, 6.45) is 5.23. The van der Waals surface area contributed by atoms with Crippen LogP contribution in [0.2, 0.25) is 0 Å². The molecular weight excluding hydrogens is 164 g/mol. The number of rotatable bonds is 4. The normalized spacial score (nSPS) is 22.2. The van der Waals surface area contributed by atoms with E-state index < -0.39 is 0 Å². The molecule has 0 heterocycles. The summed E-state index contributed by atoms with van der Waals surface area (Å²) < 4.78 is 5.10. The molecule has 1 unspecified atom stereocenters. The molecular formula is C10H20N2O. The molecule has 1 aliphatic rings. The molecule has 0 amide bonds. The summed E-state index contributed by atoms with van der Waals surface area (Å²) in [5.41, 5.74) is 5.88. The lowest BCUT2D eigenvalue weighted by Crippen LogP contribution is -2.23. The van der Waals surface area contributed by atoms with Crippen molar-refractivity contribution in [3.63, 3.8) is 0 Å². The summed E-state index contributed by atoms with van der Waals surface area (Å²) in [6, 6.07) is 0. The van der Waals surface area contributed by atoms with Crippen LogP contribution in [0.15, 0.2) is 4.99 Å². The fourth-order valence-corrected chi connectivity index (χ4v) is 1.66. The van der Waals surface area contributed by atoms with E-state index in [4.69, 9.17) is 10.5 Å². The zero-order valence-electron chi connectivity index (χ0n) is 8.62. The van der Waals surface area contributed by atoms with Crippen LogP contribution < -0.4 is 5.73 Å². The van der Waals surface area contributed by atoms with Gasteiger partial charge in [0.05, 0.1) is 18.5 Å². The Hall–Kier alpha value is -0.570. The molecule has 1 atom stereocenters. The Morgan fingerprint density at radius 2 is 2.15 bits per heavy atom. The SMILES string of the molecule is COC(C)CN=C(N)C1CCCC1. The van der Waals surface area contributed by atoms with Gasteiger partial charge < -0.3 is 10.5 Å². The number of methoxy groups -OCH3 is 1. The summed E-state index contributed by atoms with van der Waals surface area (Å²) in [5, 5.41) is 0. The van der Waals surface area contributed by atoms with Crippen LogP contribution in [0.25, 0.3) is 0 Å². The monoisotopic (exact) mass is 184 g/mol. The smallest absolute Gasteiger partial charge is 0.0969 e. The number of nitrogens with zero attached hydrogens (tertiary/aromatic N) is 1. The summed E-state index contributed by atoms with van der Waals surface area (Å²) in [6.45, 7) is 2.70. The van der Waals surface area contributed by atoms with Gasteiger partial charge in [0.1, 0.15) is 0 Å². The fraction of sp³-hybridized carbons (Fsp3) is 0.900. The molecule has 1 saturated carbocycles. The molecule has 0 aromatic carbocycles. The van der Waals surface area contributed by atoms with Crippen LogP contribution in [0.5, 0.6) is 0 Å². The van der Waals surface area contributed by atoms with E-state index in [2.05, 4.69) is 4.99 Å². The van der Waals surface area contributed by atoms with Gasteiger partial charge in [0.25, 0.3) is 0 Å². The first-order valence-electron chi connectivity index (χ1n) is 5.06. The third-order valence-electron chi connectivity index (χ3n) is 2.71. The number of aliphatic imine (C=N–C) groups is 1. The van der Waals surface area contributed by atoms with Crippen LogP contribution in [0.1, 0.15) is 32.6 Å². The van der Waals surface area contributed by atoms with Crippen molar-refractivity contribution in [2.45, 2.75) is 38.7 Å². The molecule has 2 N–H and O–H groups in total. The van der Waals surface area contributed by atoms with Gasteiger partial charge in [0.2, 0.25) is 0 Å². The van der Waals surface area contributed by atoms with Crippen LogP contribution in [0, 0.1) is 5.92 Å². The van der Waals surface area contributed by atoms with Gasteiger partial charge in [0.15, 0.2) is 0 Å². The summed E-state index contributed by atoms with van der Waals surface area (Å²) in [5.74, 6) is 1.38. The third kappa shape index (κ3) is 3.35. The van der Waals surface area contributed by atoms with Crippen molar-refractivity contribution in [3.8, 4) is 0 Å². The Kier molecular flexibility index (Phi) is 4.22. The van der Waals surface area contributed by atoms with Gasteiger partial charge in [-0.05, 0) is 19.8 Å². The van der Waals surface area contributed by atoms with Crippen molar-refractivity contribution in [3.05, 3.63) is 0 Å². The second-order valence-corrected chi connectivity index (χ2v) is 3.79. The van der Waals surface area contributed by atoms with E-state index in [9.17, 15) is 0 Å². The summed E-state index contributed by atoms with van der Waals surface area (Å²) in [7, 11) is 1.70. The van der Waals surface area contributed by atoms with Crippen molar-refractivity contribution in [2.75, 3.05) is 13.7 Å². The topological polar surface area (TPSA) is 47.6 Å². The van der Waals surface area contributed by atoms with Crippen molar-refractivity contribution in [1.29, 1.82) is 0 Å². The minimum Gasteiger partial charge on any atom is -0.387 e. The van der Waals surface area contributed by atoms with Gasteiger partial charge in [-0.1, -0.05) is 12.8 Å². The molecule has 13 heavy (non-hydrogen) atoms. The van der Waals surface area contributed by atoms with Gasteiger partial charge in [-0.2, -0.15) is 0 Å². The zero-order valence-corrected chi connectivity index (χ0v) is 8.62. The highest BCUT2D eigenvalue weighted by atomic mass is 16.5. The van der Waals surface area contributed by atoms with Crippen LogP contribution in [0.4, 0.5) is 0 Å². The van der Waals surface area contributed by atoms with Gasteiger partial charge in [-0.25, -0.2) is 0 Å². The predicted octanol–water partition coefficient (Wildman–Crippen LogP) is 1.57. The minimum absolute atomic E-state index is 0.181. The van der Waals surface area contributed by atoms with Crippen molar-refractivity contribution < 1.29 is 4.74 Å². The van der Waals surface area contributed by atoms with Crippen LogP contribution in [0.3, 0.4) is 0 Å². The molecule has 0 aromatic rings. The molecule has 0 saturated heterocycles. The van der Waals surface area contributed by atoms with E-state index in [-0.39, 0.29) is 6.10 Å². The van der Waals surface area contributed by atoms with E-state index in [1.54, 1.807) is 7.11 Å². The molecule has 1 aliphatic carbocycles. The first-order valence-corrected chi connectivity index (χ1v) is 5.06. The maximum absolute atomic E-state index is 5.88. The lowest BCUT2D eigenvalue weighted by molar-refractivity contribution is 0.125. The molecule has 3 heteroatoms. The fourth-order valence-electron chi connectivity index (χ4n) is 1.66. The van der Waals surface area contributed by atoms with Gasteiger partial charge in [-0.3, -0.25) is 4.99 Å². The van der Waals surface area contributed by atoms with E-state index in [1.807, 2.05) is 6.92 Å². The van der Waals surface area contributed by atoms with E-state index in [1.165, 1.54) is 25.7 Å². The highest BCUT2D eigenvalue weighted by Gasteiger charge is 2.18. The highest BCUT2D eigenvalue weighted by Crippen LogP contribution is 2.24. The molecule has 1 rings (SSSR count). The summed E-state index contributed by atoms with van der Waals surface area (Å²) >= 11 is 0. The maximum Gasteiger partial charge on any atom is 0.0969 e. The number of nitrogens with two attached hydrogens (primary N) is 1. The predicted molar refractivity (Wildman–Crippen MR) is 54.9 cm³/mol.